The van der Waals surface area contributed by atoms with E-state index in [4.69, 9.17) is 9.52 Å². The van der Waals surface area contributed by atoms with Gasteiger partial charge in [0.25, 0.3) is 0 Å². The Bertz CT molecular complexity index is 219. The second-order valence-corrected chi connectivity index (χ2v) is 4.85. The van der Waals surface area contributed by atoms with E-state index in [1.165, 1.54) is 6.26 Å². The molecular formula is C6H14N2O2S. The fourth-order valence-corrected chi connectivity index (χ4v) is 1.93. The van der Waals surface area contributed by atoms with Crippen molar-refractivity contribution in [2.24, 2.45) is 0 Å². The molecule has 0 aliphatic carbocycles. The predicted octanol–water partition coefficient (Wildman–Crippen LogP) is 0.299. The fourth-order valence-electron chi connectivity index (χ4n) is 1.03. The van der Waals surface area contributed by atoms with Crippen molar-refractivity contribution in [2.75, 3.05) is 26.0 Å². The normalized spacial score (nSPS) is 26.0. The minimum atomic E-state index is -2.46. The van der Waals surface area contributed by atoms with Crippen molar-refractivity contribution in [3.63, 3.8) is 0 Å². The second-order valence-electron chi connectivity index (χ2n) is 2.73. The van der Waals surface area contributed by atoms with Crippen molar-refractivity contribution in [3.8, 4) is 0 Å². The molecule has 1 saturated heterocycles. The largest absolute Gasteiger partial charge is 0.376 e. The zero-order chi connectivity index (χ0) is 8.48. The Labute approximate surface area is 67.6 Å². The highest BCUT2D eigenvalue weighted by Crippen LogP contribution is 2.14. The van der Waals surface area contributed by atoms with Gasteiger partial charge < -0.3 is 4.74 Å². The van der Waals surface area contributed by atoms with Crippen LogP contribution in [0.3, 0.4) is 0 Å². The van der Waals surface area contributed by atoms with E-state index in [-0.39, 0.29) is 6.10 Å². The van der Waals surface area contributed by atoms with Gasteiger partial charge in [-0.1, -0.05) is 0 Å². The van der Waals surface area contributed by atoms with Crippen molar-refractivity contribution < 1.29 is 8.95 Å². The highest BCUT2D eigenvalue weighted by molar-refractivity contribution is 7.89. The number of ether oxygens (including phenoxy) is 1. The van der Waals surface area contributed by atoms with Crippen molar-refractivity contribution in [1.29, 1.82) is 4.78 Å². The van der Waals surface area contributed by atoms with Gasteiger partial charge in [-0.2, -0.15) is 0 Å². The molecule has 1 aliphatic rings. The molecule has 0 aromatic carbocycles. The Kier molecular flexibility index (Phi) is 2.51. The van der Waals surface area contributed by atoms with E-state index in [0.29, 0.717) is 19.7 Å². The van der Waals surface area contributed by atoms with Gasteiger partial charge in [0, 0.05) is 26.0 Å². The molecule has 5 heteroatoms. The van der Waals surface area contributed by atoms with Crippen molar-refractivity contribution >= 4 is 9.92 Å². The lowest BCUT2D eigenvalue weighted by molar-refractivity contribution is -0.0121. The molecule has 0 bridgehead atoms. The summed E-state index contributed by atoms with van der Waals surface area (Å²) in [6.45, 7) is 3.92. The minimum Gasteiger partial charge on any atom is -0.376 e. The Morgan fingerprint density at radius 2 is 2.27 bits per heavy atom. The Morgan fingerprint density at radius 1 is 1.73 bits per heavy atom. The summed E-state index contributed by atoms with van der Waals surface area (Å²) in [5.74, 6) is 0. The average Bonchev–Trinajstić information content (AvgIpc) is 1.74. The molecule has 1 rings (SSSR count). The molecule has 0 saturated carbocycles. The van der Waals surface area contributed by atoms with Gasteiger partial charge in [0.05, 0.1) is 6.10 Å². The van der Waals surface area contributed by atoms with Crippen LogP contribution in [0.25, 0.3) is 0 Å². The first kappa shape index (κ1) is 8.96. The number of nitrogens with one attached hydrogen (secondary N) is 1. The van der Waals surface area contributed by atoms with Gasteiger partial charge in [0.2, 0.25) is 0 Å². The van der Waals surface area contributed by atoms with Gasteiger partial charge in [-0.15, -0.1) is 0 Å². The monoisotopic (exact) mass is 178 g/mol. The molecule has 1 N–H and O–H groups in total. The molecule has 1 aliphatic heterocycles. The first-order valence-electron chi connectivity index (χ1n) is 3.64. The molecule has 66 valence electrons. The number of nitrogens with zero attached hydrogens (tertiary/aromatic N) is 1. The summed E-state index contributed by atoms with van der Waals surface area (Å²) in [5, 5.41) is 0. The fraction of sp³-hybridized carbons (Fsp3) is 1.00. The van der Waals surface area contributed by atoms with Crippen LogP contribution in [0.5, 0.6) is 0 Å². The van der Waals surface area contributed by atoms with E-state index < -0.39 is 9.92 Å². The van der Waals surface area contributed by atoms with Crippen LogP contribution in [0.4, 0.5) is 0 Å². The first-order chi connectivity index (χ1) is 5.04. The van der Waals surface area contributed by atoms with Gasteiger partial charge in [-0.3, -0.25) is 0 Å². The zero-order valence-electron chi connectivity index (χ0n) is 6.87. The quantitative estimate of drug-likeness (QED) is 0.675. The summed E-state index contributed by atoms with van der Waals surface area (Å²) in [5.41, 5.74) is 0. The van der Waals surface area contributed by atoms with E-state index in [1.807, 2.05) is 6.92 Å². The molecule has 0 amide bonds. The summed E-state index contributed by atoms with van der Waals surface area (Å²) in [6.07, 6.45) is 1.64. The summed E-state index contributed by atoms with van der Waals surface area (Å²) < 4.78 is 25.2. The van der Waals surface area contributed by atoms with Crippen molar-refractivity contribution in [2.45, 2.75) is 13.0 Å². The van der Waals surface area contributed by atoms with Gasteiger partial charge in [-0.05, 0) is 6.92 Å². The van der Waals surface area contributed by atoms with E-state index in [2.05, 4.69) is 0 Å². The highest BCUT2D eigenvalue weighted by Gasteiger charge is 2.31. The molecule has 1 heterocycles. The maximum atomic E-state index is 11.1. The standard InChI is InChI=1S/C6H14N2O2S/c1-3-10-6-4-8(5-6)11(2,7)9/h6-7H,3-5H2,1-2H3. The van der Waals surface area contributed by atoms with Crippen LogP contribution < -0.4 is 0 Å². The van der Waals surface area contributed by atoms with E-state index in [1.54, 1.807) is 4.31 Å². The summed E-state index contributed by atoms with van der Waals surface area (Å²) >= 11 is 0. The molecule has 0 radical (unpaired) electrons. The maximum Gasteiger partial charge on any atom is 0.105 e. The highest BCUT2D eigenvalue weighted by atomic mass is 32.2. The smallest absolute Gasteiger partial charge is 0.105 e. The predicted molar refractivity (Wildman–Crippen MR) is 43.8 cm³/mol. The van der Waals surface area contributed by atoms with E-state index in [9.17, 15) is 4.21 Å². The number of hydrogen-bond donors (Lipinski definition) is 1. The summed E-state index contributed by atoms with van der Waals surface area (Å²) in [4.78, 5) is 0. The van der Waals surface area contributed by atoms with Crippen LogP contribution in [0, 0.1) is 4.78 Å². The van der Waals surface area contributed by atoms with Crippen LogP contribution >= 0.6 is 0 Å². The summed E-state index contributed by atoms with van der Waals surface area (Å²) in [7, 11) is -2.46. The third kappa shape index (κ3) is 2.15. The Morgan fingerprint density at radius 3 is 2.64 bits per heavy atom. The van der Waals surface area contributed by atoms with Crippen molar-refractivity contribution in [3.05, 3.63) is 0 Å². The van der Waals surface area contributed by atoms with Crippen LogP contribution in [0.1, 0.15) is 6.92 Å². The molecule has 1 fully saturated rings. The Balaban J connectivity index is 2.30. The van der Waals surface area contributed by atoms with Gasteiger partial charge in [0.15, 0.2) is 0 Å². The van der Waals surface area contributed by atoms with Crippen LogP contribution in [0.2, 0.25) is 0 Å². The zero-order valence-corrected chi connectivity index (χ0v) is 7.69. The topological polar surface area (TPSA) is 53.4 Å². The SMILES string of the molecule is CCOC1CN(S(C)(=N)=O)C1. The lowest BCUT2D eigenvalue weighted by Crippen LogP contribution is -2.53. The van der Waals surface area contributed by atoms with E-state index in [0.717, 1.165) is 0 Å². The third-order valence-corrected chi connectivity index (χ3v) is 2.99. The van der Waals surface area contributed by atoms with Gasteiger partial charge in [0.1, 0.15) is 9.92 Å². The van der Waals surface area contributed by atoms with Crippen LogP contribution in [-0.4, -0.2) is 40.6 Å². The van der Waals surface area contributed by atoms with E-state index >= 15 is 0 Å². The molecule has 0 aromatic heterocycles. The average molecular weight is 178 g/mol. The lowest BCUT2D eigenvalue weighted by Gasteiger charge is -2.37. The maximum absolute atomic E-state index is 11.1. The molecule has 11 heavy (non-hydrogen) atoms. The molecule has 1 unspecified atom stereocenters. The second kappa shape index (κ2) is 3.08. The number of hydrogen-bond acceptors (Lipinski definition) is 3. The molecule has 4 nitrogen and oxygen atoms in total. The van der Waals surface area contributed by atoms with Crippen LogP contribution in [0.15, 0.2) is 0 Å². The lowest BCUT2D eigenvalue weighted by atomic mass is 10.2. The summed E-state index contributed by atoms with van der Waals surface area (Å²) in [6, 6.07) is 0. The molecule has 1 atom stereocenters. The number of rotatable bonds is 3. The molecule has 0 aromatic rings. The molecular weight excluding hydrogens is 164 g/mol. The third-order valence-electron chi connectivity index (χ3n) is 1.71. The van der Waals surface area contributed by atoms with Crippen LogP contribution in [-0.2, 0) is 14.7 Å². The first-order valence-corrected chi connectivity index (χ1v) is 5.57. The molecule has 0 spiro atoms. The van der Waals surface area contributed by atoms with Gasteiger partial charge >= 0.3 is 0 Å². The van der Waals surface area contributed by atoms with Crippen molar-refractivity contribution in [1.82, 2.24) is 4.31 Å². The minimum absolute atomic E-state index is 0.200. The van der Waals surface area contributed by atoms with Gasteiger partial charge in [-0.25, -0.2) is 13.3 Å². The Hall–Kier alpha value is -0.130.